The molecule has 348 valence electrons. The number of rotatable bonds is 7. The number of aliphatic hydroxyl groups is 8. The average Bonchev–Trinajstić information content (AvgIpc) is 3.69. The number of hydrogen-bond acceptors (Lipinski definition) is 16. The summed E-state index contributed by atoms with van der Waals surface area (Å²) < 4.78 is 43.7. The highest BCUT2D eigenvalue weighted by atomic mass is 16.8. The van der Waals surface area contributed by atoms with Gasteiger partial charge in [0.05, 0.1) is 31.0 Å². The maximum Gasteiger partial charge on any atom is 0.187 e. The van der Waals surface area contributed by atoms with Crippen LogP contribution in [0.25, 0.3) is 0 Å². The van der Waals surface area contributed by atoms with E-state index in [1.807, 2.05) is 0 Å². The minimum absolute atomic E-state index is 0.00472. The smallest absolute Gasteiger partial charge is 0.187 e. The van der Waals surface area contributed by atoms with Crippen molar-refractivity contribution in [2.45, 2.75) is 209 Å². The molecule has 9 aliphatic rings. The van der Waals surface area contributed by atoms with Crippen LogP contribution in [0.2, 0.25) is 0 Å². The third-order valence-electron chi connectivity index (χ3n) is 17.9. The standard InChI is InChI=1S/C45H73NO15/c1-19-9-14-45(46-17-19)20(2)30-28(61-45)16-27-25-8-7-23-15-24(10-12-43(23,5)26(25)11-13-44(27,30)6)57-42-39(60-41-36(53)34(51)32(49)22(4)56-41)37(54)38(29(18-47)58-42)59-40-35(52)33(50)31(48)21(3)55-40/h7,19-22,24-42,46-54H,8-18H2,1-6H3/t19-,20+,21?,22?,24?,25?,26?,27?,28?,29?,30?,31?,32?,33?,34?,35?,36?,37?,38?,39?,40?,41?,42?,43?,44?,45-/m1/s1. The average molecular weight is 868 g/mol. The van der Waals surface area contributed by atoms with Gasteiger partial charge in [-0.1, -0.05) is 39.3 Å². The normalized spacial score (nSPS) is 58.4. The Balaban J connectivity index is 0.916. The first-order valence-electron chi connectivity index (χ1n) is 23.3. The van der Waals surface area contributed by atoms with Crippen LogP contribution in [0.4, 0.5) is 0 Å². The Labute approximate surface area is 359 Å². The molecule has 0 amide bonds. The van der Waals surface area contributed by atoms with E-state index in [1.165, 1.54) is 38.7 Å². The Kier molecular flexibility index (Phi) is 12.4. The first kappa shape index (κ1) is 45.3. The van der Waals surface area contributed by atoms with Crippen molar-refractivity contribution in [2.24, 2.45) is 46.3 Å². The number of allylic oxidation sites excluding steroid dienone is 1. The molecule has 4 aliphatic carbocycles. The fraction of sp³-hybridized carbons (Fsp3) is 0.956. The summed E-state index contributed by atoms with van der Waals surface area (Å²) in [6, 6.07) is 0. The van der Waals surface area contributed by atoms with Crippen molar-refractivity contribution in [3.05, 3.63) is 11.6 Å². The third kappa shape index (κ3) is 7.42. The number of ether oxygens (including phenoxy) is 7. The predicted molar refractivity (Wildman–Crippen MR) is 215 cm³/mol. The molecule has 23 unspecified atom stereocenters. The van der Waals surface area contributed by atoms with Gasteiger partial charge in [-0.2, -0.15) is 0 Å². The number of piperidine rings is 1. The van der Waals surface area contributed by atoms with Crippen LogP contribution in [0.3, 0.4) is 0 Å². The van der Waals surface area contributed by atoms with Gasteiger partial charge in [0.1, 0.15) is 66.8 Å². The number of hydrogen-bond donors (Lipinski definition) is 9. The maximum atomic E-state index is 12.0. The summed E-state index contributed by atoms with van der Waals surface area (Å²) in [5, 5.41) is 89.8. The SMILES string of the molecule is CC1OC(OC2C(CO)OC(OC3CCC4(C)C(=CCC5C4CCC4(C)C5CC5O[C@]6(CC[C@@H](C)CN6)[C@@H](C)C54)C3)C(OC3OC(C)C(O)C(O)C3O)C2O)C(O)C(O)C1O. The Bertz CT molecular complexity index is 1600. The van der Waals surface area contributed by atoms with Crippen LogP contribution in [0, 0.1) is 46.3 Å². The van der Waals surface area contributed by atoms with Crippen LogP contribution in [0.5, 0.6) is 0 Å². The summed E-state index contributed by atoms with van der Waals surface area (Å²) in [6.45, 7) is 13.2. The summed E-state index contributed by atoms with van der Waals surface area (Å²) in [7, 11) is 0. The van der Waals surface area contributed by atoms with E-state index < -0.39 is 98.7 Å². The summed E-state index contributed by atoms with van der Waals surface area (Å²) >= 11 is 0. The highest BCUT2D eigenvalue weighted by Gasteiger charge is 2.68. The molecule has 8 fully saturated rings. The van der Waals surface area contributed by atoms with Gasteiger partial charge >= 0.3 is 0 Å². The molecule has 5 aliphatic heterocycles. The van der Waals surface area contributed by atoms with E-state index in [0.29, 0.717) is 54.5 Å². The van der Waals surface area contributed by atoms with Gasteiger partial charge in [-0.05, 0) is 112 Å². The second kappa shape index (κ2) is 16.8. The molecule has 1 spiro atoms. The lowest BCUT2D eigenvalue weighted by atomic mass is 9.47. The molecular weight excluding hydrogens is 794 g/mol. The van der Waals surface area contributed by atoms with Gasteiger partial charge in [-0.25, -0.2) is 0 Å². The molecule has 16 heteroatoms. The topological polar surface area (TPSA) is 238 Å². The highest BCUT2D eigenvalue weighted by molar-refractivity contribution is 5.26. The molecular formula is C45H73NO15. The van der Waals surface area contributed by atoms with Crippen molar-refractivity contribution in [3.8, 4) is 0 Å². The lowest BCUT2D eigenvalue weighted by molar-refractivity contribution is -0.388. The Morgan fingerprint density at radius 2 is 1.36 bits per heavy atom. The van der Waals surface area contributed by atoms with Crippen molar-refractivity contribution in [1.82, 2.24) is 5.32 Å². The molecule has 9 N–H and O–H groups in total. The van der Waals surface area contributed by atoms with Crippen LogP contribution < -0.4 is 5.32 Å². The van der Waals surface area contributed by atoms with E-state index in [4.69, 9.17) is 33.2 Å². The molecule has 26 atom stereocenters. The van der Waals surface area contributed by atoms with Crippen molar-refractivity contribution in [1.29, 1.82) is 0 Å². The monoisotopic (exact) mass is 867 g/mol. The highest BCUT2D eigenvalue weighted by Crippen LogP contribution is 2.70. The molecule has 16 nitrogen and oxygen atoms in total. The van der Waals surface area contributed by atoms with Crippen molar-refractivity contribution < 1.29 is 74.0 Å². The minimum Gasteiger partial charge on any atom is -0.394 e. The van der Waals surface area contributed by atoms with Crippen LogP contribution in [-0.2, 0) is 33.2 Å². The van der Waals surface area contributed by atoms with Gasteiger partial charge in [-0.3, -0.25) is 5.32 Å². The summed E-state index contributed by atoms with van der Waals surface area (Å²) in [6.07, 6.45) is -9.93. The molecule has 61 heavy (non-hydrogen) atoms. The van der Waals surface area contributed by atoms with E-state index in [1.54, 1.807) is 0 Å². The summed E-state index contributed by atoms with van der Waals surface area (Å²) in [5.41, 5.74) is 1.41. The predicted octanol–water partition coefficient (Wildman–Crippen LogP) is 0.815. The molecule has 0 aromatic rings. The molecule has 5 heterocycles. The second-order valence-electron chi connectivity index (χ2n) is 21.2. The van der Waals surface area contributed by atoms with Crippen molar-refractivity contribution in [2.75, 3.05) is 13.2 Å². The van der Waals surface area contributed by atoms with E-state index >= 15 is 0 Å². The second-order valence-corrected chi connectivity index (χ2v) is 21.2. The number of nitrogens with one attached hydrogen (secondary N) is 1. The van der Waals surface area contributed by atoms with Gasteiger partial charge in [0.25, 0.3) is 0 Å². The Morgan fingerprint density at radius 3 is 1.98 bits per heavy atom. The number of aliphatic hydroxyl groups excluding tert-OH is 8. The molecule has 0 aromatic heterocycles. The quantitative estimate of drug-likeness (QED) is 0.161. The lowest BCUT2D eigenvalue weighted by Gasteiger charge is -2.59. The van der Waals surface area contributed by atoms with E-state index in [0.717, 1.165) is 32.2 Å². The summed E-state index contributed by atoms with van der Waals surface area (Å²) in [4.78, 5) is 0. The maximum absolute atomic E-state index is 12.0. The lowest BCUT2D eigenvalue weighted by Crippen LogP contribution is -2.66. The first-order chi connectivity index (χ1) is 28.9. The number of fused-ring (bicyclic) bond motifs is 7. The third-order valence-corrected chi connectivity index (χ3v) is 17.9. The van der Waals surface area contributed by atoms with Gasteiger partial charge in [-0.15, -0.1) is 0 Å². The fourth-order valence-corrected chi connectivity index (χ4v) is 14.2. The molecule has 0 aromatic carbocycles. The molecule has 0 radical (unpaired) electrons. The van der Waals surface area contributed by atoms with E-state index in [9.17, 15) is 40.9 Å². The molecule has 3 saturated carbocycles. The Morgan fingerprint density at radius 1 is 0.705 bits per heavy atom. The zero-order chi connectivity index (χ0) is 43.5. The van der Waals surface area contributed by atoms with Gasteiger partial charge in [0.2, 0.25) is 0 Å². The van der Waals surface area contributed by atoms with Crippen molar-refractivity contribution in [3.63, 3.8) is 0 Å². The van der Waals surface area contributed by atoms with E-state index in [2.05, 4.69) is 39.1 Å². The fourth-order valence-electron chi connectivity index (χ4n) is 14.2. The van der Waals surface area contributed by atoms with Crippen LogP contribution in [0.15, 0.2) is 11.6 Å². The van der Waals surface area contributed by atoms with E-state index in [-0.39, 0.29) is 22.7 Å². The first-order valence-corrected chi connectivity index (χ1v) is 23.3. The molecule has 0 bridgehead atoms. The molecule has 5 saturated heterocycles. The summed E-state index contributed by atoms with van der Waals surface area (Å²) in [5.74, 6) is 3.43. The van der Waals surface area contributed by atoms with Crippen LogP contribution in [0.1, 0.15) is 99.3 Å². The zero-order valence-electron chi connectivity index (χ0n) is 36.6. The van der Waals surface area contributed by atoms with Gasteiger partial charge < -0.3 is 74.0 Å². The van der Waals surface area contributed by atoms with Crippen LogP contribution in [-0.4, -0.2) is 164 Å². The van der Waals surface area contributed by atoms with Gasteiger partial charge in [0, 0.05) is 12.5 Å². The largest absolute Gasteiger partial charge is 0.394 e. The Hall–Kier alpha value is -0.900. The van der Waals surface area contributed by atoms with Crippen molar-refractivity contribution >= 4 is 0 Å². The zero-order valence-corrected chi connectivity index (χ0v) is 36.6. The molecule has 9 rings (SSSR count). The minimum atomic E-state index is -1.70. The van der Waals surface area contributed by atoms with Crippen LogP contribution >= 0.6 is 0 Å². The van der Waals surface area contributed by atoms with Gasteiger partial charge in [0.15, 0.2) is 18.9 Å².